The molecular formula is C15H23FN2O. The maximum atomic E-state index is 13.1. The first-order valence-corrected chi connectivity index (χ1v) is 7.00. The van der Waals surface area contributed by atoms with E-state index in [9.17, 15) is 9.50 Å². The molecular weight excluding hydrogens is 243 g/mol. The Balaban J connectivity index is 2.23. The van der Waals surface area contributed by atoms with E-state index in [1.54, 1.807) is 6.07 Å². The van der Waals surface area contributed by atoms with Crippen molar-refractivity contribution in [2.75, 3.05) is 6.54 Å². The molecule has 3 atom stereocenters. The van der Waals surface area contributed by atoms with Crippen LogP contribution in [0.2, 0.25) is 0 Å². The van der Waals surface area contributed by atoms with Gasteiger partial charge in [0.1, 0.15) is 11.6 Å². The molecule has 1 saturated heterocycles. The van der Waals surface area contributed by atoms with E-state index in [0.29, 0.717) is 6.04 Å². The number of likely N-dealkylation sites (tertiary alicyclic amines) is 1. The predicted molar refractivity (Wildman–Crippen MR) is 74.5 cm³/mol. The molecule has 1 aliphatic rings. The molecule has 0 aliphatic carbocycles. The number of hydrogen-bond donors (Lipinski definition) is 2. The standard InChI is InChI=1S/C15H23FN2O/c1-10(17)14-5-3-4-8-18(14)11(2)13-7-6-12(16)9-15(13)19/h6-7,9-11,14,19H,3-5,8,17H2,1-2H3. The van der Waals surface area contributed by atoms with Gasteiger partial charge in [-0.05, 0) is 39.3 Å². The van der Waals surface area contributed by atoms with Gasteiger partial charge in [0, 0.05) is 29.8 Å². The van der Waals surface area contributed by atoms with Gasteiger partial charge < -0.3 is 10.8 Å². The summed E-state index contributed by atoms with van der Waals surface area (Å²) in [6, 6.07) is 4.73. The number of rotatable bonds is 3. The lowest BCUT2D eigenvalue weighted by molar-refractivity contribution is 0.0877. The molecule has 0 amide bonds. The van der Waals surface area contributed by atoms with E-state index in [1.807, 2.05) is 13.8 Å². The van der Waals surface area contributed by atoms with Gasteiger partial charge in [0.2, 0.25) is 0 Å². The molecule has 0 radical (unpaired) electrons. The lowest BCUT2D eigenvalue weighted by Crippen LogP contribution is -2.49. The molecule has 1 aromatic rings. The maximum Gasteiger partial charge on any atom is 0.126 e. The van der Waals surface area contributed by atoms with E-state index in [2.05, 4.69) is 4.90 Å². The Bertz CT molecular complexity index is 436. The first-order valence-electron chi connectivity index (χ1n) is 7.00. The summed E-state index contributed by atoms with van der Waals surface area (Å²) in [5.74, 6) is -0.377. The first-order chi connectivity index (χ1) is 9.00. The van der Waals surface area contributed by atoms with Crippen LogP contribution in [0.1, 0.15) is 44.7 Å². The van der Waals surface area contributed by atoms with Gasteiger partial charge in [0.15, 0.2) is 0 Å². The van der Waals surface area contributed by atoms with Gasteiger partial charge >= 0.3 is 0 Å². The normalized spacial score (nSPS) is 24.1. The molecule has 3 N–H and O–H groups in total. The summed E-state index contributed by atoms with van der Waals surface area (Å²) in [4.78, 5) is 2.33. The first kappa shape index (κ1) is 14.3. The molecule has 4 heteroatoms. The Morgan fingerprint density at radius 3 is 2.74 bits per heavy atom. The van der Waals surface area contributed by atoms with E-state index in [0.717, 1.165) is 24.9 Å². The average Bonchev–Trinajstić information content (AvgIpc) is 2.38. The highest BCUT2D eigenvalue weighted by molar-refractivity contribution is 5.35. The zero-order chi connectivity index (χ0) is 14.0. The van der Waals surface area contributed by atoms with E-state index in [1.165, 1.54) is 18.6 Å². The highest BCUT2D eigenvalue weighted by Crippen LogP contribution is 2.33. The highest BCUT2D eigenvalue weighted by atomic mass is 19.1. The summed E-state index contributed by atoms with van der Waals surface area (Å²) in [6.07, 6.45) is 3.43. The van der Waals surface area contributed by atoms with Gasteiger partial charge in [-0.3, -0.25) is 4.90 Å². The van der Waals surface area contributed by atoms with Crippen molar-refractivity contribution in [1.29, 1.82) is 0 Å². The summed E-state index contributed by atoms with van der Waals surface area (Å²) in [7, 11) is 0. The second kappa shape index (κ2) is 5.88. The Kier molecular flexibility index (Phi) is 4.42. The second-order valence-electron chi connectivity index (χ2n) is 5.54. The van der Waals surface area contributed by atoms with Crippen molar-refractivity contribution in [1.82, 2.24) is 4.90 Å². The molecule has 106 valence electrons. The van der Waals surface area contributed by atoms with Gasteiger partial charge in [-0.2, -0.15) is 0 Å². The Morgan fingerprint density at radius 2 is 2.11 bits per heavy atom. The molecule has 1 heterocycles. The minimum Gasteiger partial charge on any atom is -0.508 e. The summed E-state index contributed by atoms with van der Waals surface area (Å²) in [5.41, 5.74) is 6.84. The van der Waals surface area contributed by atoms with E-state index in [4.69, 9.17) is 5.73 Å². The fraction of sp³-hybridized carbons (Fsp3) is 0.600. The minimum absolute atomic E-state index is 0.0292. The third-order valence-corrected chi connectivity index (χ3v) is 4.14. The fourth-order valence-electron chi connectivity index (χ4n) is 3.07. The van der Waals surface area contributed by atoms with Crippen molar-refractivity contribution in [3.63, 3.8) is 0 Å². The molecule has 3 nitrogen and oxygen atoms in total. The van der Waals surface area contributed by atoms with Crippen LogP contribution in [-0.4, -0.2) is 28.6 Å². The zero-order valence-corrected chi connectivity index (χ0v) is 11.6. The molecule has 19 heavy (non-hydrogen) atoms. The highest BCUT2D eigenvalue weighted by Gasteiger charge is 2.30. The number of aromatic hydroxyl groups is 1. The molecule has 0 bridgehead atoms. The molecule has 0 saturated carbocycles. The number of phenolic OH excluding ortho intramolecular Hbond substituents is 1. The van der Waals surface area contributed by atoms with Gasteiger partial charge in [-0.25, -0.2) is 4.39 Å². The quantitative estimate of drug-likeness (QED) is 0.884. The van der Waals surface area contributed by atoms with Crippen molar-refractivity contribution >= 4 is 0 Å². The molecule has 1 aliphatic heterocycles. The number of benzene rings is 1. The van der Waals surface area contributed by atoms with Crippen molar-refractivity contribution in [2.24, 2.45) is 5.73 Å². The Hall–Kier alpha value is -1.13. The summed E-state index contributed by atoms with van der Waals surface area (Å²) in [5, 5.41) is 9.92. The van der Waals surface area contributed by atoms with Crippen LogP contribution >= 0.6 is 0 Å². The third kappa shape index (κ3) is 3.07. The van der Waals surface area contributed by atoms with Crippen LogP contribution in [0.4, 0.5) is 4.39 Å². The Morgan fingerprint density at radius 1 is 1.37 bits per heavy atom. The summed E-state index contributed by atoms with van der Waals surface area (Å²) >= 11 is 0. The van der Waals surface area contributed by atoms with Crippen LogP contribution < -0.4 is 5.73 Å². The molecule has 0 aromatic heterocycles. The van der Waals surface area contributed by atoms with Crippen molar-refractivity contribution in [3.05, 3.63) is 29.6 Å². The van der Waals surface area contributed by atoms with Crippen LogP contribution in [0.15, 0.2) is 18.2 Å². The van der Waals surface area contributed by atoms with Crippen LogP contribution in [0.5, 0.6) is 5.75 Å². The van der Waals surface area contributed by atoms with Crippen molar-refractivity contribution in [2.45, 2.75) is 51.2 Å². The fourth-order valence-corrected chi connectivity index (χ4v) is 3.07. The number of nitrogens with two attached hydrogens (primary N) is 1. The lowest BCUT2D eigenvalue weighted by Gasteiger charge is -2.42. The van der Waals surface area contributed by atoms with E-state index < -0.39 is 5.82 Å². The van der Waals surface area contributed by atoms with E-state index >= 15 is 0 Å². The van der Waals surface area contributed by atoms with Gasteiger partial charge in [0.05, 0.1) is 0 Å². The molecule has 2 rings (SSSR count). The number of phenols is 1. The molecule has 3 unspecified atom stereocenters. The monoisotopic (exact) mass is 266 g/mol. The van der Waals surface area contributed by atoms with Crippen LogP contribution in [0, 0.1) is 5.82 Å². The number of piperidine rings is 1. The summed E-state index contributed by atoms with van der Waals surface area (Å²) in [6.45, 7) is 5.05. The van der Waals surface area contributed by atoms with Crippen LogP contribution in [0.3, 0.4) is 0 Å². The smallest absolute Gasteiger partial charge is 0.126 e. The van der Waals surface area contributed by atoms with Crippen LogP contribution in [0.25, 0.3) is 0 Å². The van der Waals surface area contributed by atoms with E-state index in [-0.39, 0.29) is 17.8 Å². The predicted octanol–water partition coefficient (Wildman–Crippen LogP) is 2.79. The minimum atomic E-state index is -0.407. The van der Waals surface area contributed by atoms with Gasteiger partial charge in [-0.15, -0.1) is 0 Å². The van der Waals surface area contributed by atoms with Crippen molar-refractivity contribution in [3.8, 4) is 5.75 Å². The van der Waals surface area contributed by atoms with Gasteiger partial charge in [0.25, 0.3) is 0 Å². The number of nitrogens with zero attached hydrogens (tertiary/aromatic N) is 1. The molecule has 1 aromatic carbocycles. The third-order valence-electron chi connectivity index (χ3n) is 4.14. The molecule has 1 fully saturated rings. The van der Waals surface area contributed by atoms with Gasteiger partial charge in [-0.1, -0.05) is 12.5 Å². The van der Waals surface area contributed by atoms with Crippen molar-refractivity contribution < 1.29 is 9.50 Å². The average molecular weight is 266 g/mol. The number of hydrogen-bond acceptors (Lipinski definition) is 3. The largest absolute Gasteiger partial charge is 0.508 e. The zero-order valence-electron chi connectivity index (χ0n) is 11.6. The van der Waals surface area contributed by atoms with Crippen LogP contribution in [-0.2, 0) is 0 Å². The summed E-state index contributed by atoms with van der Waals surface area (Å²) < 4.78 is 13.1. The SMILES string of the molecule is CC(N)C1CCCCN1C(C)c1ccc(F)cc1O. The maximum absolute atomic E-state index is 13.1. The second-order valence-corrected chi connectivity index (χ2v) is 5.54. The number of halogens is 1. The Labute approximate surface area is 114 Å². The molecule has 0 spiro atoms. The lowest BCUT2D eigenvalue weighted by atomic mass is 9.93. The topological polar surface area (TPSA) is 49.5 Å².